The highest BCUT2D eigenvalue weighted by Crippen LogP contribution is 2.29. The highest BCUT2D eigenvalue weighted by atomic mass is 35.5. The average Bonchev–Trinajstić information content (AvgIpc) is 2.86. The second-order valence-corrected chi connectivity index (χ2v) is 10.5. The molecule has 0 saturated carbocycles. The molecule has 2 heterocycles. The van der Waals surface area contributed by atoms with Crippen molar-refractivity contribution in [1.29, 1.82) is 0 Å². The van der Waals surface area contributed by atoms with E-state index in [-0.39, 0.29) is 36.7 Å². The molecule has 4 rings (SSSR count). The molecule has 6 nitrogen and oxygen atoms in total. The minimum Gasteiger partial charge on any atom is -0.494 e. The van der Waals surface area contributed by atoms with E-state index >= 15 is 0 Å². The quantitative estimate of drug-likeness (QED) is 0.306. The first-order valence-corrected chi connectivity index (χ1v) is 13.4. The summed E-state index contributed by atoms with van der Waals surface area (Å²) >= 11 is 0. The Kier molecular flexibility index (Phi) is 11.8. The first-order chi connectivity index (χ1) is 16.5. The van der Waals surface area contributed by atoms with Crippen LogP contribution in [0.1, 0.15) is 32.6 Å². The molecule has 0 bridgehead atoms. The van der Waals surface area contributed by atoms with Crippen LogP contribution in [0.5, 0.6) is 5.75 Å². The van der Waals surface area contributed by atoms with Crippen LogP contribution < -0.4 is 4.74 Å². The normalized spacial score (nSPS) is 14.9. The van der Waals surface area contributed by atoms with Gasteiger partial charge in [0.1, 0.15) is 11.6 Å². The van der Waals surface area contributed by atoms with Crippen molar-refractivity contribution in [3.8, 4) is 5.75 Å². The summed E-state index contributed by atoms with van der Waals surface area (Å²) < 4.78 is 47.5. The second-order valence-electron chi connectivity index (χ2n) is 8.64. The number of unbranched alkanes of at least 4 members (excludes halogenated alkanes) is 1. The van der Waals surface area contributed by atoms with Crippen molar-refractivity contribution in [2.45, 2.75) is 43.5 Å². The fourth-order valence-electron chi connectivity index (χ4n) is 4.66. The van der Waals surface area contributed by atoms with Crippen LogP contribution in [0.2, 0.25) is 0 Å². The summed E-state index contributed by atoms with van der Waals surface area (Å²) in [7, 11) is -3.60. The summed E-state index contributed by atoms with van der Waals surface area (Å²) in [5.41, 5.74) is 0. The Morgan fingerprint density at radius 2 is 1.78 bits per heavy atom. The molecule has 0 radical (unpaired) electrons. The molecule has 10 heteroatoms. The van der Waals surface area contributed by atoms with E-state index in [1.165, 1.54) is 12.1 Å². The molecule has 0 spiro atoms. The summed E-state index contributed by atoms with van der Waals surface area (Å²) in [5.74, 6) is 0.421. The first kappa shape index (κ1) is 30.3. The van der Waals surface area contributed by atoms with Crippen molar-refractivity contribution in [2.24, 2.45) is 0 Å². The van der Waals surface area contributed by atoms with Crippen LogP contribution in [0.25, 0.3) is 10.8 Å². The topological polar surface area (TPSA) is 62.7 Å². The summed E-state index contributed by atoms with van der Waals surface area (Å²) in [4.78, 5) is 6.88. The van der Waals surface area contributed by atoms with E-state index < -0.39 is 10.0 Å². The SMILES string of the molecule is CCN(C1CCN(CCCCOc2ccc(F)cc2)CC1)S(=O)(=O)c1cccc2cnccc12.Cl.Cl. The van der Waals surface area contributed by atoms with Crippen LogP contribution in [-0.2, 0) is 10.0 Å². The lowest BCUT2D eigenvalue weighted by molar-refractivity contribution is 0.157. The fraction of sp³-hybridized carbons (Fsp3) is 0.423. The largest absolute Gasteiger partial charge is 0.494 e. The van der Waals surface area contributed by atoms with Gasteiger partial charge in [-0.2, -0.15) is 4.31 Å². The first-order valence-electron chi connectivity index (χ1n) is 11.9. The Morgan fingerprint density at radius 1 is 1.06 bits per heavy atom. The molecule has 0 N–H and O–H groups in total. The molecule has 36 heavy (non-hydrogen) atoms. The van der Waals surface area contributed by atoms with Crippen molar-refractivity contribution in [2.75, 3.05) is 32.8 Å². The minimum atomic E-state index is -3.60. The average molecular weight is 559 g/mol. The van der Waals surface area contributed by atoms with Crippen molar-refractivity contribution in [3.05, 3.63) is 66.7 Å². The minimum absolute atomic E-state index is 0. The van der Waals surface area contributed by atoms with Gasteiger partial charge in [-0.1, -0.05) is 19.1 Å². The van der Waals surface area contributed by atoms with Crippen LogP contribution in [0, 0.1) is 5.82 Å². The molecule has 1 aliphatic rings. The third-order valence-electron chi connectivity index (χ3n) is 6.45. The molecule has 1 saturated heterocycles. The van der Waals surface area contributed by atoms with Crippen molar-refractivity contribution < 1.29 is 17.5 Å². The van der Waals surface area contributed by atoms with Gasteiger partial charge in [0.25, 0.3) is 0 Å². The number of halogens is 3. The molecule has 198 valence electrons. The maximum Gasteiger partial charge on any atom is 0.243 e. The van der Waals surface area contributed by atoms with E-state index in [1.807, 2.05) is 13.0 Å². The summed E-state index contributed by atoms with van der Waals surface area (Å²) in [6.45, 7) is 5.70. The highest BCUT2D eigenvalue weighted by Gasteiger charge is 2.33. The number of pyridine rings is 1. The molecule has 0 atom stereocenters. The lowest BCUT2D eigenvalue weighted by Crippen LogP contribution is -2.47. The van der Waals surface area contributed by atoms with E-state index in [2.05, 4.69) is 9.88 Å². The van der Waals surface area contributed by atoms with Crippen molar-refractivity contribution >= 4 is 45.6 Å². The predicted octanol–water partition coefficient (Wildman–Crippen LogP) is 5.55. The molecular weight excluding hydrogens is 524 g/mol. The number of likely N-dealkylation sites (tertiary alicyclic amines) is 1. The molecule has 3 aromatic rings. The Balaban J connectivity index is 0.00000228. The van der Waals surface area contributed by atoms with Crippen LogP contribution in [-0.4, -0.2) is 61.4 Å². The van der Waals surface area contributed by atoms with Gasteiger partial charge in [0, 0.05) is 35.8 Å². The Hall–Kier alpha value is -1.97. The molecule has 0 amide bonds. The number of aromatic nitrogens is 1. The Labute approximate surface area is 225 Å². The molecule has 1 aromatic heterocycles. The van der Waals surface area contributed by atoms with E-state index in [1.54, 1.807) is 47.0 Å². The third-order valence-corrected chi connectivity index (χ3v) is 8.54. The van der Waals surface area contributed by atoms with Gasteiger partial charge in [-0.3, -0.25) is 4.98 Å². The monoisotopic (exact) mass is 557 g/mol. The number of ether oxygens (including phenoxy) is 1. The van der Waals surface area contributed by atoms with Gasteiger partial charge in [-0.15, -0.1) is 24.8 Å². The number of nitrogens with zero attached hydrogens (tertiary/aromatic N) is 3. The van der Waals surface area contributed by atoms with E-state index in [0.29, 0.717) is 23.8 Å². The van der Waals surface area contributed by atoms with Gasteiger partial charge >= 0.3 is 0 Å². The van der Waals surface area contributed by atoms with Crippen LogP contribution >= 0.6 is 24.8 Å². The van der Waals surface area contributed by atoms with Gasteiger partial charge in [-0.25, -0.2) is 12.8 Å². The summed E-state index contributed by atoms with van der Waals surface area (Å²) in [5, 5.41) is 1.55. The van der Waals surface area contributed by atoms with Gasteiger partial charge in [0.15, 0.2) is 0 Å². The van der Waals surface area contributed by atoms with Crippen LogP contribution in [0.4, 0.5) is 4.39 Å². The maximum absolute atomic E-state index is 13.6. The van der Waals surface area contributed by atoms with Crippen LogP contribution in [0.3, 0.4) is 0 Å². The molecule has 0 unspecified atom stereocenters. The highest BCUT2D eigenvalue weighted by molar-refractivity contribution is 7.89. The van der Waals surface area contributed by atoms with Gasteiger partial charge < -0.3 is 9.64 Å². The number of piperidine rings is 1. The fourth-order valence-corrected chi connectivity index (χ4v) is 6.57. The second kappa shape index (κ2) is 14.1. The number of fused-ring (bicyclic) bond motifs is 1. The smallest absolute Gasteiger partial charge is 0.243 e. The van der Waals surface area contributed by atoms with E-state index in [4.69, 9.17) is 4.74 Å². The Bertz CT molecular complexity index is 1190. The maximum atomic E-state index is 13.6. The zero-order chi connectivity index (χ0) is 24.0. The summed E-state index contributed by atoms with van der Waals surface area (Å²) in [6, 6.07) is 13.2. The van der Waals surface area contributed by atoms with Gasteiger partial charge in [0.2, 0.25) is 10.0 Å². The predicted molar refractivity (Wildman–Crippen MR) is 146 cm³/mol. The van der Waals surface area contributed by atoms with E-state index in [9.17, 15) is 12.8 Å². The van der Waals surface area contributed by atoms with E-state index in [0.717, 1.165) is 56.1 Å². The Morgan fingerprint density at radius 3 is 2.47 bits per heavy atom. The van der Waals surface area contributed by atoms with Crippen LogP contribution in [0.15, 0.2) is 65.8 Å². The summed E-state index contributed by atoms with van der Waals surface area (Å²) in [6.07, 6.45) is 6.92. The zero-order valence-corrected chi connectivity index (χ0v) is 22.8. The van der Waals surface area contributed by atoms with Crippen molar-refractivity contribution in [1.82, 2.24) is 14.2 Å². The number of benzene rings is 2. The lowest BCUT2D eigenvalue weighted by Gasteiger charge is -2.37. The number of sulfonamides is 1. The number of hydrogen-bond acceptors (Lipinski definition) is 5. The molecular formula is C26H34Cl2FN3O3S. The standard InChI is InChI=1S/C26H32FN3O3S.2ClH/c1-2-30(34(31,32)26-7-5-6-21-20-28-15-12-25(21)26)23-13-17-29(18-14-23)16-3-4-19-33-24-10-8-22(27)9-11-24;;/h5-12,15,20,23H,2-4,13-14,16-19H2,1H3;2*1H. The van der Waals surface area contributed by atoms with Crippen molar-refractivity contribution in [3.63, 3.8) is 0 Å². The third kappa shape index (κ3) is 7.29. The molecule has 1 fully saturated rings. The van der Waals surface area contributed by atoms with Gasteiger partial charge in [0.05, 0.1) is 11.5 Å². The van der Waals surface area contributed by atoms with Gasteiger partial charge in [-0.05, 0) is 81.7 Å². The molecule has 2 aromatic carbocycles. The molecule has 1 aliphatic heterocycles. The number of hydrogen-bond donors (Lipinski definition) is 0. The molecule has 0 aliphatic carbocycles. The number of rotatable bonds is 10. The zero-order valence-electron chi connectivity index (χ0n) is 20.4. The lowest BCUT2D eigenvalue weighted by atomic mass is 10.0.